The number of ether oxygens (including phenoxy) is 1. The van der Waals surface area contributed by atoms with E-state index in [1.165, 1.54) is 38.5 Å². The first-order valence-electron chi connectivity index (χ1n) is 12.2. The van der Waals surface area contributed by atoms with E-state index >= 15 is 0 Å². The Morgan fingerprint density at radius 2 is 1.97 bits per heavy atom. The highest BCUT2D eigenvalue weighted by molar-refractivity contribution is 6.28. The lowest BCUT2D eigenvalue weighted by Gasteiger charge is -2.43. The minimum absolute atomic E-state index is 0.105. The van der Waals surface area contributed by atoms with Crippen LogP contribution in [0.3, 0.4) is 0 Å². The van der Waals surface area contributed by atoms with Crippen LogP contribution in [0.15, 0.2) is 6.33 Å². The van der Waals surface area contributed by atoms with Gasteiger partial charge in [0.05, 0.1) is 25.1 Å². The first kappa shape index (κ1) is 21.6. The Bertz CT molecular complexity index is 1070. The van der Waals surface area contributed by atoms with Gasteiger partial charge in [0.25, 0.3) is 0 Å². The molecule has 33 heavy (non-hydrogen) atoms. The van der Waals surface area contributed by atoms with E-state index in [0.29, 0.717) is 41.3 Å². The van der Waals surface area contributed by atoms with E-state index in [0.717, 1.165) is 0 Å². The van der Waals surface area contributed by atoms with Crippen molar-refractivity contribution < 1.29 is 19.7 Å². The summed E-state index contributed by atoms with van der Waals surface area (Å²) in [5, 5.41) is 25.4. The molecule has 0 amide bonds. The van der Waals surface area contributed by atoms with Gasteiger partial charge in [-0.2, -0.15) is 9.97 Å². The van der Waals surface area contributed by atoms with Gasteiger partial charge in [-0.3, -0.25) is 4.79 Å². The quantitative estimate of drug-likeness (QED) is 0.412. The Morgan fingerprint density at radius 3 is 2.58 bits per heavy atom. The lowest BCUT2D eigenvalue weighted by molar-refractivity contribution is -0.156. The second-order valence-corrected chi connectivity index (χ2v) is 10.6. The molecule has 2 aromatic rings. The van der Waals surface area contributed by atoms with Crippen molar-refractivity contribution in [2.45, 2.75) is 76.2 Å². The number of nitrogens with one attached hydrogen (secondary N) is 1. The highest BCUT2D eigenvalue weighted by atomic mass is 35.5. The van der Waals surface area contributed by atoms with E-state index in [1.54, 1.807) is 17.8 Å². The Labute approximate surface area is 196 Å². The molecule has 3 N–H and O–H groups in total. The summed E-state index contributed by atoms with van der Waals surface area (Å²) in [6.07, 6.45) is 7.22. The van der Waals surface area contributed by atoms with Gasteiger partial charge >= 0.3 is 5.97 Å². The normalized spacial score (nSPS) is 33.6. The number of anilines is 1. The van der Waals surface area contributed by atoms with Crippen LogP contribution < -0.4 is 5.32 Å². The third-order valence-corrected chi connectivity index (χ3v) is 8.83. The van der Waals surface area contributed by atoms with Gasteiger partial charge in [-0.15, -0.1) is 0 Å². The van der Waals surface area contributed by atoms with Crippen LogP contribution >= 0.6 is 11.6 Å². The van der Waals surface area contributed by atoms with Crippen molar-refractivity contribution in [2.75, 3.05) is 11.9 Å². The molecule has 0 aromatic carbocycles. The average Bonchev–Trinajstić information content (AvgIpc) is 3.24. The van der Waals surface area contributed by atoms with Gasteiger partial charge < -0.3 is 24.8 Å². The minimum Gasteiger partial charge on any atom is -0.465 e. The molecule has 5 atom stereocenters. The maximum atomic E-state index is 12.6. The molecule has 178 valence electrons. The van der Waals surface area contributed by atoms with Crippen LogP contribution in [0.2, 0.25) is 5.28 Å². The largest absolute Gasteiger partial charge is 0.465 e. The molecule has 2 aromatic heterocycles. The summed E-state index contributed by atoms with van der Waals surface area (Å²) in [6, 6.07) is -0.187. The van der Waals surface area contributed by atoms with Crippen molar-refractivity contribution >= 4 is 34.6 Å². The molecule has 0 spiro atoms. The summed E-state index contributed by atoms with van der Waals surface area (Å²) in [4.78, 5) is 26.1. The zero-order valence-electron chi connectivity index (χ0n) is 18.7. The van der Waals surface area contributed by atoms with Crippen LogP contribution in [0.4, 0.5) is 5.82 Å². The fraction of sp³-hybridized carbons (Fsp3) is 0.739. The van der Waals surface area contributed by atoms with Crippen LogP contribution in [0, 0.1) is 23.2 Å². The van der Waals surface area contributed by atoms with Crippen molar-refractivity contribution in [1.29, 1.82) is 0 Å². The predicted molar refractivity (Wildman–Crippen MR) is 121 cm³/mol. The minimum atomic E-state index is -1.19. The van der Waals surface area contributed by atoms with E-state index in [-0.39, 0.29) is 17.8 Å². The monoisotopic (exact) mass is 475 g/mol. The van der Waals surface area contributed by atoms with E-state index < -0.39 is 29.6 Å². The highest BCUT2D eigenvalue weighted by Gasteiger charge is 2.76. The van der Waals surface area contributed by atoms with Crippen molar-refractivity contribution in [3.05, 3.63) is 11.6 Å². The topological polar surface area (TPSA) is 122 Å². The highest BCUT2D eigenvalue weighted by Crippen LogP contribution is 2.68. The number of imidazole rings is 1. The fourth-order valence-electron chi connectivity index (χ4n) is 6.36. The van der Waals surface area contributed by atoms with Gasteiger partial charge in [0.2, 0.25) is 5.28 Å². The lowest BCUT2D eigenvalue weighted by atomic mass is 9.68. The summed E-state index contributed by atoms with van der Waals surface area (Å²) in [7, 11) is 0. The maximum absolute atomic E-state index is 12.6. The number of halogens is 1. The molecule has 4 aliphatic rings. The second-order valence-electron chi connectivity index (χ2n) is 10.2. The number of aromatic nitrogens is 4. The third-order valence-electron chi connectivity index (χ3n) is 8.66. The number of hydrogen-bond acceptors (Lipinski definition) is 8. The zero-order valence-corrected chi connectivity index (χ0v) is 19.4. The zero-order chi connectivity index (χ0) is 22.9. The lowest BCUT2D eigenvalue weighted by Crippen LogP contribution is -2.42. The van der Waals surface area contributed by atoms with Gasteiger partial charge in [0.15, 0.2) is 17.0 Å². The number of fused-ring (bicyclic) bond motifs is 2. The van der Waals surface area contributed by atoms with Crippen molar-refractivity contribution in [1.82, 2.24) is 19.5 Å². The molecule has 4 saturated carbocycles. The number of aliphatic hydroxyl groups excluding tert-OH is 2. The maximum Gasteiger partial charge on any atom is 0.315 e. The van der Waals surface area contributed by atoms with Gasteiger partial charge in [-0.05, 0) is 62.5 Å². The number of rotatable bonds is 7. The molecule has 0 saturated heterocycles. The van der Waals surface area contributed by atoms with Crippen LogP contribution in [0.1, 0.15) is 57.9 Å². The van der Waals surface area contributed by atoms with Gasteiger partial charge in [0.1, 0.15) is 11.5 Å². The van der Waals surface area contributed by atoms with Gasteiger partial charge in [0, 0.05) is 12.0 Å². The van der Waals surface area contributed by atoms with Crippen molar-refractivity contribution in [2.24, 2.45) is 23.2 Å². The molecule has 9 nitrogen and oxygen atoms in total. The molecule has 0 unspecified atom stereocenters. The van der Waals surface area contributed by atoms with E-state index in [1.807, 2.05) is 0 Å². The molecule has 0 aliphatic heterocycles. The number of nitrogens with zero attached hydrogens (tertiary/aromatic N) is 4. The molecule has 0 radical (unpaired) electrons. The SMILES string of the molecule is CCOC(=O)[C@@]12C[C@@H]1[C@@H](n1cnc3c(NC(C4CCC4)C4CCC4)nc(Cl)nc31)[C@H](O)[C@@H]2O. The van der Waals surface area contributed by atoms with E-state index in [9.17, 15) is 15.0 Å². The molecule has 10 heteroatoms. The summed E-state index contributed by atoms with van der Waals surface area (Å²) in [6.45, 7) is 1.97. The van der Waals surface area contributed by atoms with E-state index in [4.69, 9.17) is 16.3 Å². The summed E-state index contributed by atoms with van der Waals surface area (Å²) >= 11 is 6.34. The Kier molecular flexibility index (Phi) is 5.08. The number of carbonyl (C=O) groups excluding carboxylic acids is 1. The number of esters is 1. The second kappa shape index (κ2) is 7.78. The predicted octanol–water partition coefficient (Wildman–Crippen LogP) is 2.71. The van der Waals surface area contributed by atoms with Crippen molar-refractivity contribution in [3.8, 4) is 0 Å². The number of aliphatic hydroxyl groups is 2. The fourth-order valence-corrected chi connectivity index (χ4v) is 6.53. The Hall–Kier alpha value is -1.97. The molecule has 4 aliphatic carbocycles. The van der Waals surface area contributed by atoms with Crippen LogP contribution in [0.25, 0.3) is 11.2 Å². The summed E-state index contributed by atoms with van der Waals surface area (Å²) in [5.74, 6) is 1.21. The van der Waals surface area contributed by atoms with Crippen molar-refractivity contribution in [3.63, 3.8) is 0 Å². The molecular formula is C23H30ClN5O4. The molecule has 6 rings (SSSR count). The number of hydrogen-bond donors (Lipinski definition) is 3. The van der Waals surface area contributed by atoms with E-state index in [2.05, 4.69) is 20.3 Å². The van der Waals surface area contributed by atoms with Crippen LogP contribution in [-0.2, 0) is 9.53 Å². The first-order valence-corrected chi connectivity index (χ1v) is 12.5. The molecule has 2 heterocycles. The molecule has 0 bridgehead atoms. The van der Waals surface area contributed by atoms with Crippen LogP contribution in [0.5, 0.6) is 0 Å². The molecule has 4 fully saturated rings. The molecular weight excluding hydrogens is 446 g/mol. The summed E-state index contributed by atoms with van der Waals surface area (Å²) in [5.41, 5.74) is 0.0361. The first-order chi connectivity index (χ1) is 16.0. The van der Waals surface area contributed by atoms with Gasteiger partial charge in [-0.1, -0.05) is 12.8 Å². The average molecular weight is 476 g/mol. The Balaban J connectivity index is 1.34. The summed E-state index contributed by atoms with van der Waals surface area (Å²) < 4.78 is 6.96. The van der Waals surface area contributed by atoms with Gasteiger partial charge in [-0.25, -0.2) is 4.98 Å². The Morgan fingerprint density at radius 1 is 1.27 bits per heavy atom. The number of carbonyl (C=O) groups is 1. The smallest absolute Gasteiger partial charge is 0.315 e. The standard InChI is InChI=1S/C23H30ClN5O4/c1-2-33-21(32)23-9-13(23)16(17(30)18(23)31)29-10-25-15-19(27-22(24)28-20(15)29)26-14(11-5-3-6-11)12-7-4-8-12/h10-14,16-18,30-31H,2-9H2,1H3,(H,26,27,28)/t13-,16-,17+,18+,23+/m1/s1. The third kappa shape index (κ3) is 3.12. The van der Waals surface area contributed by atoms with Crippen LogP contribution in [-0.4, -0.2) is 60.6 Å².